The number of hydrogen-bond donors (Lipinski definition) is 1. The van der Waals surface area contributed by atoms with Gasteiger partial charge in [0.15, 0.2) is 0 Å². The van der Waals surface area contributed by atoms with Gasteiger partial charge in [-0.1, -0.05) is 20.8 Å². The van der Waals surface area contributed by atoms with E-state index in [-0.39, 0.29) is 0 Å². The summed E-state index contributed by atoms with van der Waals surface area (Å²) in [7, 11) is 0. The lowest BCUT2D eigenvalue weighted by Gasteiger charge is -2.11. The highest BCUT2D eigenvalue weighted by atomic mass is 16.5. The summed E-state index contributed by atoms with van der Waals surface area (Å²) in [5.74, 6) is 1.65. The van der Waals surface area contributed by atoms with Crippen LogP contribution in [0.3, 0.4) is 0 Å². The van der Waals surface area contributed by atoms with E-state index >= 15 is 0 Å². The zero-order valence-electron chi connectivity index (χ0n) is 11.5. The summed E-state index contributed by atoms with van der Waals surface area (Å²) in [4.78, 5) is 0. The van der Waals surface area contributed by atoms with E-state index in [9.17, 15) is 0 Å². The molecule has 0 radical (unpaired) electrons. The molecule has 0 aliphatic carbocycles. The Bertz CT molecular complexity index is 307. The first-order valence-corrected chi connectivity index (χ1v) is 6.51. The molecule has 0 amide bonds. The van der Waals surface area contributed by atoms with Gasteiger partial charge in [-0.3, -0.25) is 0 Å². The zero-order chi connectivity index (χ0) is 12.7. The Morgan fingerprint density at radius 3 is 2.76 bits per heavy atom. The molecule has 17 heavy (non-hydrogen) atoms. The quantitative estimate of drug-likeness (QED) is 0.755. The van der Waals surface area contributed by atoms with Crippen LogP contribution in [0.1, 0.15) is 45.4 Å². The first kappa shape index (κ1) is 14.3. The van der Waals surface area contributed by atoms with Crippen LogP contribution in [0.25, 0.3) is 0 Å². The number of hydrogen-bond acceptors (Lipinski definition) is 3. The highest BCUT2D eigenvalue weighted by Crippen LogP contribution is 2.13. The van der Waals surface area contributed by atoms with Crippen LogP contribution in [-0.4, -0.2) is 12.6 Å². The van der Waals surface area contributed by atoms with E-state index in [4.69, 9.17) is 9.15 Å². The van der Waals surface area contributed by atoms with Crippen LogP contribution in [0.2, 0.25) is 0 Å². The molecule has 3 nitrogen and oxygen atoms in total. The van der Waals surface area contributed by atoms with Gasteiger partial charge in [-0.2, -0.15) is 0 Å². The van der Waals surface area contributed by atoms with Gasteiger partial charge in [0.2, 0.25) is 0 Å². The molecule has 0 spiro atoms. The van der Waals surface area contributed by atoms with Gasteiger partial charge in [-0.05, 0) is 31.9 Å². The lowest BCUT2D eigenvalue weighted by atomic mass is 10.2. The molecule has 3 heteroatoms. The summed E-state index contributed by atoms with van der Waals surface area (Å²) < 4.78 is 11.2. The van der Waals surface area contributed by atoms with Crippen molar-refractivity contribution in [2.45, 2.75) is 53.4 Å². The van der Waals surface area contributed by atoms with Gasteiger partial charge in [0, 0.05) is 5.56 Å². The van der Waals surface area contributed by atoms with Crippen molar-refractivity contribution in [1.29, 1.82) is 0 Å². The second-order valence-corrected chi connectivity index (χ2v) is 4.92. The molecular weight excluding hydrogens is 214 g/mol. The number of rotatable bonds is 8. The standard InChI is InChI=1S/C14H25NO2/c1-5-12(4)17-10-13-6-7-16-14(13)9-15-8-11(2)3/h6-7,11-12,15H,5,8-10H2,1-4H3. The zero-order valence-corrected chi connectivity index (χ0v) is 11.5. The second kappa shape index (κ2) is 7.51. The molecular formula is C14H25NO2. The van der Waals surface area contributed by atoms with E-state index in [0.29, 0.717) is 18.6 Å². The molecule has 0 aromatic carbocycles. The minimum atomic E-state index is 0.307. The maximum absolute atomic E-state index is 5.72. The Hall–Kier alpha value is -0.800. The van der Waals surface area contributed by atoms with Gasteiger partial charge >= 0.3 is 0 Å². The fraction of sp³-hybridized carbons (Fsp3) is 0.714. The summed E-state index contributed by atoms with van der Waals surface area (Å²) in [5, 5.41) is 3.38. The minimum absolute atomic E-state index is 0.307. The van der Waals surface area contributed by atoms with Crippen molar-refractivity contribution in [3.63, 3.8) is 0 Å². The predicted octanol–water partition coefficient (Wildman–Crippen LogP) is 3.34. The van der Waals surface area contributed by atoms with Crippen LogP contribution in [0.15, 0.2) is 16.7 Å². The fourth-order valence-corrected chi connectivity index (χ4v) is 1.47. The Morgan fingerprint density at radius 1 is 1.35 bits per heavy atom. The third-order valence-electron chi connectivity index (χ3n) is 2.77. The molecule has 0 fully saturated rings. The van der Waals surface area contributed by atoms with Crippen molar-refractivity contribution < 1.29 is 9.15 Å². The summed E-state index contributed by atoms with van der Waals surface area (Å²) in [6, 6.07) is 1.99. The van der Waals surface area contributed by atoms with Crippen molar-refractivity contribution in [2.75, 3.05) is 6.54 Å². The predicted molar refractivity (Wildman–Crippen MR) is 69.8 cm³/mol. The molecule has 1 aromatic heterocycles. The lowest BCUT2D eigenvalue weighted by Crippen LogP contribution is -2.19. The van der Waals surface area contributed by atoms with Crippen LogP contribution in [0.5, 0.6) is 0 Å². The number of nitrogens with one attached hydrogen (secondary N) is 1. The molecule has 0 bridgehead atoms. The largest absolute Gasteiger partial charge is 0.468 e. The molecule has 1 rings (SSSR count). The normalized spacial score (nSPS) is 13.2. The molecule has 1 heterocycles. The smallest absolute Gasteiger partial charge is 0.123 e. The maximum Gasteiger partial charge on any atom is 0.123 e. The summed E-state index contributed by atoms with van der Waals surface area (Å²) in [6.45, 7) is 11.0. The Kier molecular flexibility index (Phi) is 6.30. The fourth-order valence-electron chi connectivity index (χ4n) is 1.47. The molecule has 98 valence electrons. The van der Waals surface area contributed by atoms with Gasteiger partial charge < -0.3 is 14.5 Å². The highest BCUT2D eigenvalue weighted by Gasteiger charge is 2.08. The second-order valence-electron chi connectivity index (χ2n) is 4.92. The SMILES string of the molecule is CCC(C)OCc1ccoc1CNCC(C)C. The Labute approximate surface area is 105 Å². The highest BCUT2D eigenvalue weighted by molar-refractivity contribution is 5.15. The van der Waals surface area contributed by atoms with Gasteiger partial charge in [-0.25, -0.2) is 0 Å². The maximum atomic E-state index is 5.72. The molecule has 0 aliphatic heterocycles. The van der Waals surface area contributed by atoms with Gasteiger partial charge in [0.1, 0.15) is 5.76 Å². The molecule has 0 saturated carbocycles. The summed E-state index contributed by atoms with van der Waals surface area (Å²) in [6.07, 6.45) is 3.09. The van der Waals surface area contributed by atoms with Crippen LogP contribution in [0.4, 0.5) is 0 Å². The lowest BCUT2D eigenvalue weighted by molar-refractivity contribution is 0.0499. The van der Waals surface area contributed by atoms with Crippen molar-refractivity contribution in [2.24, 2.45) is 5.92 Å². The molecule has 1 unspecified atom stereocenters. The monoisotopic (exact) mass is 239 g/mol. The Morgan fingerprint density at radius 2 is 2.12 bits per heavy atom. The van der Waals surface area contributed by atoms with E-state index in [2.05, 4.69) is 33.0 Å². The number of furan rings is 1. The topological polar surface area (TPSA) is 34.4 Å². The van der Waals surface area contributed by atoms with Crippen molar-refractivity contribution in [1.82, 2.24) is 5.32 Å². The third kappa shape index (κ3) is 5.37. The first-order valence-electron chi connectivity index (χ1n) is 6.51. The van der Waals surface area contributed by atoms with Gasteiger partial charge in [0.05, 0.1) is 25.5 Å². The van der Waals surface area contributed by atoms with Crippen LogP contribution in [-0.2, 0) is 17.9 Å². The van der Waals surface area contributed by atoms with Crippen molar-refractivity contribution >= 4 is 0 Å². The number of ether oxygens (including phenoxy) is 1. The van der Waals surface area contributed by atoms with Crippen molar-refractivity contribution in [3.8, 4) is 0 Å². The van der Waals surface area contributed by atoms with E-state index in [1.54, 1.807) is 6.26 Å². The first-order chi connectivity index (χ1) is 8.13. The minimum Gasteiger partial charge on any atom is -0.468 e. The van der Waals surface area contributed by atoms with Gasteiger partial charge in [0.25, 0.3) is 0 Å². The Balaban J connectivity index is 2.37. The average molecular weight is 239 g/mol. The molecule has 1 atom stereocenters. The van der Waals surface area contributed by atoms with E-state index < -0.39 is 0 Å². The van der Waals surface area contributed by atoms with Crippen LogP contribution in [0, 0.1) is 5.92 Å². The van der Waals surface area contributed by atoms with E-state index in [1.807, 2.05) is 6.07 Å². The molecule has 0 saturated heterocycles. The van der Waals surface area contributed by atoms with Crippen molar-refractivity contribution in [3.05, 3.63) is 23.7 Å². The van der Waals surface area contributed by atoms with Crippen LogP contribution < -0.4 is 5.32 Å². The average Bonchev–Trinajstić information content (AvgIpc) is 2.73. The molecule has 1 aromatic rings. The van der Waals surface area contributed by atoms with Gasteiger partial charge in [-0.15, -0.1) is 0 Å². The summed E-state index contributed by atoms with van der Waals surface area (Å²) in [5.41, 5.74) is 1.15. The summed E-state index contributed by atoms with van der Waals surface area (Å²) >= 11 is 0. The van der Waals surface area contributed by atoms with E-state index in [1.165, 1.54) is 0 Å². The molecule has 0 aliphatic rings. The third-order valence-corrected chi connectivity index (χ3v) is 2.77. The van der Waals surface area contributed by atoms with E-state index in [0.717, 1.165) is 30.8 Å². The molecule has 1 N–H and O–H groups in total. The van der Waals surface area contributed by atoms with Crippen LogP contribution >= 0.6 is 0 Å².